The topological polar surface area (TPSA) is 98.8 Å². The predicted molar refractivity (Wildman–Crippen MR) is 133 cm³/mol. The summed E-state index contributed by atoms with van der Waals surface area (Å²) in [4.78, 5) is 26.8. The minimum Gasteiger partial charge on any atom is -0.351 e. The van der Waals surface area contributed by atoms with Gasteiger partial charge in [0.2, 0.25) is 21.8 Å². The largest absolute Gasteiger partial charge is 0.351 e. The molecule has 1 unspecified atom stereocenters. The first kappa shape index (κ1) is 25.9. The van der Waals surface area contributed by atoms with Crippen LogP contribution in [-0.4, -0.2) is 62.2 Å². The van der Waals surface area contributed by atoms with Crippen molar-refractivity contribution in [1.29, 1.82) is 0 Å². The molecule has 2 aromatic carbocycles. The highest BCUT2D eigenvalue weighted by atomic mass is 32.2. The quantitative estimate of drug-likeness (QED) is 0.568. The molecule has 0 aliphatic carbocycles. The number of carbonyl (C=O) groups excluding carboxylic acids is 2. The number of anilines is 1. The number of amides is 2. The Balaban J connectivity index is 1.46. The van der Waals surface area contributed by atoms with Gasteiger partial charge in [0.25, 0.3) is 0 Å². The molecule has 0 aromatic heterocycles. The van der Waals surface area contributed by atoms with Gasteiger partial charge in [0.05, 0.1) is 11.4 Å². The predicted octanol–water partition coefficient (Wildman–Crippen LogP) is 2.60. The summed E-state index contributed by atoms with van der Waals surface area (Å²) < 4.78 is 27.2. The molecule has 34 heavy (non-hydrogen) atoms. The SMILES string of the molecule is CCC(C)C(=O)Nc1cccc(CNC(=O)CN2CCN(S(=O)(=O)c3ccc(C)cc3)CC2)c1. The van der Waals surface area contributed by atoms with Crippen molar-refractivity contribution in [2.45, 2.75) is 38.6 Å². The van der Waals surface area contributed by atoms with E-state index in [0.717, 1.165) is 17.5 Å². The standard InChI is InChI=1S/C25H34N4O4S/c1-4-20(3)25(31)27-22-7-5-6-21(16-22)17-26-24(30)18-28-12-14-29(15-13-28)34(32,33)23-10-8-19(2)9-11-23/h5-11,16,20H,4,12-15,17-18H2,1-3H3,(H,26,30)(H,27,31). The van der Waals surface area contributed by atoms with Gasteiger partial charge in [-0.15, -0.1) is 0 Å². The molecule has 1 atom stereocenters. The molecule has 8 nitrogen and oxygen atoms in total. The molecule has 1 aliphatic heterocycles. The Bertz CT molecular complexity index is 1090. The molecule has 2 amide bonds. The Kier molecular flexibility index (Phi) is 8.82. The van der Waals surface area contributed by atoms with Gasteiger partial charge < -0.3 is 10.6 Å². The van der Waals surface area contributed by atoms with E-state index in [2.05, 4.69) is 10.6 Å². The summed E-state index contributed by atoms with van der Waals surface area (Å²) in [6, 6.07) is 14.3. The van der Waals surface area contributed by atoms with Crippen LogP contribution in [0.25, 0.3) is 0 Å². The second kappa shape index (κ2) is 11.6. The lowest BCUT2D eigenvalue weighted by atomic mass is 10.1. The number of nitrogens with one attached hydrogen (secondary N) is 2. The monoisotopic (exact) mass is 486 g/mol. The molecule has 9 heteroatoms. The van der Waals surface area contributed by atoms with Crippen LogP contribution in [0.2, 0.25) is 0 Å². The van der Waals surface area contributed by atoms with Crippen LogP contribution in [0.3, 0.4) is 0 Å². The van der Waals surface area contributed by atoms with Gasteiger partial charge in [-0.2, -0.15) is 4.31 Å². The number of benzene rings is 2. The van der Waals surface area contributed by atoms with Gasteiger partial charge in [-0.05, 0) is 43.2 Å². The van der Waals surface area contributed by atoms with Gasteiger partial charge in [-0.25, -0.2) is 8.42 Å². The lowest BCUT2D eigenvalue weighted by Gasteiger charge is -2.33. The maximum Gasteiger partial charge on any atom is 0.243 e. The van der Waals surface area contributed by atoms with E-state index < -0.39 is 10.0 Å². The number of rotatable bonds is 9. The average molecular weight is 487 g/mol. The van der Waals surface area contributed by atoms with E-state index in [4.69, 9.17) is 0 Å². The second-order valence-corrected chi connectivity index (χ2v) is 10.7. The number of hydrogen-bond acceptors (Lipinski definition) is 5. The number of nitrogens with zero attached hydrogens (tertiary/aromatic N) is 2. The molecule has 2 aromatic rings. The van der Waals surface area contributed by atoms with Crippen molar-refractivity contribution in [1.82, 2.24) is 14.5 Å². The minimum absolute atomic E-state index is 0.0211. The van der Waals surface area contributed by atoms with Crippen molar-refractivity contribution in [2.24, 2.45) is 5.92 Å². The third-order valence-corrected chi connectivity index (χ3v) is 8.01. The molecular weight excluding hydrogens is 452 g/mol. The Morgan fingerprint density at radius 2 is 1.71 bits per heavy atom. The van der Waals surface area contributed by atoms with Crippen LogP contribution >= 0.6 is 0 Å². The number of carbonyl (C=O) groups is 2. The fraction of sp³-hybridized carbons (Fsp3) is 0.440. The average Bonchev–Trinajstić information content (AvgIpc) is 2.83. The van der Waals surface area contributed by atoms with Gasteiger partial charge in [0.15, 0.2) is 0 Å². The maximum atomic E-state index is 12.8. The summed E-state index contributed by atoms with van der Waals surface area (Å²) in [5.41, 5.74) is 2.62. The van der Waals surface area contributed by atoms with E-state index in [9.17, 15) is 18.0 Å². The normalized spacial score (nSPS) is 16.1. The van der Waals surface area contributed by atoms with Crippen LogP contribution in [0.4, 0.5) is 5.69 Å². The zero-order valence-electron chi connectivity index (χ0n) is 20.1. The zero-order chi connectivity index (χ0) is 24.7. The molecule has 2 N–H and O–H groups in total. The summed E-state index contributed by atoms with van der Waals surface area (Å²) in [5.74, 6) is -0.202. The van der Waals surface area contributed by atoms with Crippen LogP contribution in [-0.2, 0) is 26.2 Å². The van der Waals surface area contributed by atoms with Crippen molar-refractivity contribution < 1.29 is 18.0 Å². The summed E-state index contributed by atoms with van der Waals surface area (Å²) in [6.45, 7) is 8.03. The molecular formula is C25H34N4O4S. The second-order valence-electron chi connectivity index (χ2n) is 8.77. The molecule has 1 aliphatic rings. The van der Waals surface area contributed by atoms with Crippen LogP contribution in [0.15, 0.2) is 53.4 Å². The van der Waals surface area contributed by atoms with E-state index >= 15 is 0 Å². The first-order valence-electron chi connectivity index (χ1n) is 11.6. The van der Waals surface area contributed by atoms with Crippen molar-refractivity contribution in [3.8, 4) is 0 Å². The van der Waals surface area contributed by atoms with Crippen molar-refractivity contribution >= 4 is 27.5 Å². The van der Waals surface area contributed by atoms with Crippen LogP contribution in [0.1, 0.15) is 31.4 Å². The van der Waals surface area contributed by atoms with Crippen LogP contribution in [0, 0.1) is 12.8 Å². The highest BCUT2D eigenvalue weighted by molar-refractivity contribution is 7.89. The summed E-state index contributed by atoms with van der Waals surface area (Å²) in [6.07, 6.45) is 0.772. The first-order chi connectivity index (χ1) is 16.2. The summed E-state index contributed by atoms with van der Waals surface area (Å²) >= 11 is 0. The summed E-state index contributed by atoms with van der Waals surface area (Å²) in [7, 11) is -3.52. The third-order valence-electron chi connectivity index (χ3n) is 6.10. The Labute approximate surface area is 202 Å². The molecule has 0 saturated carbocycles. The fourth-order valence-electron chi connectivity index (χ4n) is 3.66. The Hall–Kier alpha value is -2.75. The molecule has 1 saturated heterocycles. The van der Waals surface area contributed by atoms with Crippen molar-refractivity contribution in [3.63, 3.8) is 0 Å². The lowest BCUT2D eigenvalue weighted by molar-refractivity contribution is -0.122. The smallest absolute Gasteiger partial charge is 0.243 e. The van der Waals surface area contributed by atoms with E-state index in [1.54, 1.807) is 24.3 Å². The first-order valence-corrected chi connectivity index (χ1v) is 13.1. The highest BCUT2D eigenvalue weighted by Gasteiger charge is 2.29. The maximum absolute atomic E-state index is 12.8. The van der Waals surface area contributed by atoms with Crippen LogP contribution in [0.5, 0.6) is 0 Å². The van der Waals surface area contributed by atoms with E-state index in [1.165, 1.54) is 4.31 Å². The van der Waals surface area contributed by atoms with Crippen LogP contribution < -0.4 is 10.6 Å². The van der Waals surface area contributed by atoms with Gasteiger partial charge >= 0.3 is 0 Å². The lowest BCUT2D eigenvalue weighted by Crippen LogP contribution is -2.50. The highest BCUT2D eigenvalue weighted by Crippen LogP contribution is 2.18. The molecule has 0 radical (unpaired) electrons. The van der Waals surface area contributed by atoms with E-state index in [0.29, 0.717) is 43.3 Å². The molecule has 0 spiro atoms. The van der Waals surface area contributed by atoms with Crippen molar-refractivity contribution in [3.05, 3.63) is 59.7 Å². The number of aryl methyl sites for hydroxylation is 1. The van der Waals surface area contributed by atoms with Gasteiger partial charge in [-0.1, -0.05) is 43.7 Å². The number of piperazine rings is 1. The fourth-order valence-corrected chi connectivity index (χ4v) is 5.08. The molecule has 1 heterocycles. The Morgan fingerprint density at radius 1 is 1.03 bits per heavy atom. The van der Waals surface area contributed by atoms with Gasteiger partial charge in [0.1, 0.15) is 0 Å². The number of hydrogen-bond donors (Lipinski definition) is 2. The minimum atomic E-state index is -3.52. The zero-order valence-corrected chi connectivity index (χ0v) is 20.9. The molecule has 0 bridgehead atoms. The third kappa shape index (κ3) is 6.88. The van der Waals surface area contributed by atoms with Gasteiger partial charge in [0, 0.05) is 44.3 Å². The van der Waals surface area contributed by atoms with Crippen molar-refractivity contribution in [2.75, 3.05) is 38.0 Å². The Morgan fingerprint density at radius 3 is 2.35 bits per heavy atom. The summed E-state index contributed by atoms with van der Waals surface area (Å²) in [5, 5.41) is 5.81. The molecule has 184 valence electrons. The van der Waals surface area contributed by atoms with E-state index in [1.807, 2.05) is 49.9 Å². The van der Waals surface area contributed by atoms with Gasteiger partial charge in [-0.3, -0.25) is 14.5 Å². The van der Waals surface area contributed by atoms with E-state index in [-0.39, 0.29) is 24.3 Å². The number of sulfonamides is 1. The molecule has 3 rings (SSSR count). The molecule has 1 fully saturated rings.